The van der Waals surface area contributed by atoms with Crippen LogP contribution in [0.25, 0.3) is 5.69 Å². The average Bonchev–Trinajstić information content (AvgIpc) is 3.10. The molecule has 0 aliphatic rings. The normalized spacial score (nSPS) is 10.4. The summed E-state index contributed by atoms with van der Waals surface area (Å²) in [6, 6.07) is 11.1. The van der Waals surface area contributed by atoms with E-state index in [2.05, 4.69) is 20.5 Å². The van der Waals surface area contributed by atoms with Crippen molar-refractivity contribution in [1.82, 2.24) is 25.2 Å². The molecule has 0 saturated carbocycles. The standard InChI is InChI=1S/C12H9N5O/c18-12(10-8-13-16-15-10)11-6-7-14-17(11)9-4-2-1-3-5-9/h1-8H,(H,13,15,16). The number of benzene rings is 1. The van der Waals surface area contributed by atoms with Crippen molar-refractivity contribution in [3.05, 3.63) is 60.2 Å². The SMILES string of the molecule is O=C(c1cn[nH]n1)c1ccnn1-c1ccccc1. The first kappa shape index (κ1) is 10.4. The Morgan fingerprint density at radius 2 is 2.00 bits per heavy atom. The van der Waals surface area contributed by atoms with Gasteiger partial charge in [0.1, 0.15) is 5.69 Å². The molecule has 0 saturated heterocycles. The monoisotopic (exact) mass is 239 g/mol. The van der Waals surface area contributed by atoms with Gasteiger partial charge in [-0.05, 0) is 18.2 Å². The Labute approximate surface area is 102 Å². The summed E-state index contributed by atoms with van der Waals surface area (Å²) in [6.07, 6.45) is 2.98. The third kappa shape index (κ3) is 1.69. The molecule has 2 heterocycles. The molecule has 0 amide bonds. The first-order valence-corrected chi connectivity index (χ1v) is 5.36. The molecule has 0 aliphatic carbocycles. The third-order valence-corrected chi connectivity index (χ3v) is 2.52. The lowest BCUT2D eigenvalue weighted by molar-refractivity contribution is 0.102. The van der Waals surface area contributed by atoms with Crippen molar-refractivity contribution >= 4 is 5.78 Å². The van der Waals surface area contributed by atoms with Crippen LogP contribution in [-0.4, -0.2) is 31.0 Å². The minimum absolute atomic E-state index is 0.217. The molecule has 3 aromatic rings. The van der Waals surface area contributed by atoms with Gasteiger partial charge in [0.05, 0.1) is 18.1 Å². The summed E-state index contributed by atoms with van der Waals surface area (Å²) in [5.74, 6) is -0.217. The summed E-state index contributed by atoms with van der Waals surface area (Å²) >= 11 is 0. The van der Waals surface area contributed by atoms with E-state index in [4.69, 9.17) is 0 Å². The number of aromatic nitrogens is 5. The summed E-state index contributed by atoms with van der Waals surface area (Å²) in [7, 11) is 0. The molecular formula is C12H9N5O. The Hall–Kier alpha value is -2.76. The maximum absolute atomic E-state index is 12.2. The van der Waals surface area contributed by atoms with Gasteiger partial charge in [-0.3, -0.25) is 4.79 Å². The second kappa shape index (κ2) is 4.25. The average molecular weight is 239 g/mol. The topological polar surface area (TPSA) is 76.5 Å². The van der Waals surface area contributed by atoms with Crippen LogP contribution < -0.4 is 0 Å². The lowest BCUT2D eigenvalue weighted by Gasteiger charge is -2.04. The van der Waals surface area contributed by atoms with Crippen molar-refractivity contribution in [2.24, 2.45) is 0 Å². The van der Waals surface area contributed by atoms with Gasteiger partial charge in [-0.15, -0.1) is 0 Å². The molecule has 0 unspecified atom stereocenters. The molecule has 1 aromatic carbocycles. The summed E-state index contributed by atoms with van der Waals surface area (Å²) in [6.45, 7) is 0. The van der Waals surface area contributed by atoms with Gasteiger partial charge in [0.25, 0.3) is 0 Å². The molecule has 0 radical (unpaired) electrons. The van der Waals surface area contributed by atoms with Crippen LogP contribution in [0.2, 0.25) is 0 Å². The van der Waals surface area contributed by atoms with E-state index < -0.39 is 0 Å². The summed E-state index contributed by atoms with van der Waals surface area (Å²) < 4.78 is 1.58. The second-order valence-electron chi connectivity index (χ2n) is 3.65. The maximum atomic E-state index is 12.2. The van der Waals surface area contributed by atoms with Gasteiger partial charge in [-0.1, -0.05) is 18.2 Å². The van der Waals surface area contributed by atoms with Crippen LogP contribution in [-0.2, 0) is 0 Å². The van der Waals surface area contributed by atoms with Crippen LogP contribution in [0.5, 0.6) is 0 Å². The molecule has 6 nitrogen and oxygen atoms in total. The fraction of sp³-hybridized carbons (Fsp3) is 0. The minimum atomic E-state index is -0.217. The van der Waals surface area contributed by atoms with E-state index in [0.717, 1.165) is 5.69 Å². The van der Waals surface area contributed by atoms with Crippen molar-refractivity contribution in [3.63, 3.8) is 0 Å². The molecule has 0 aliphatic heterocycles. The number of para-hydroxylation sites is 1. The van der Waals surface area contributed by atoms with E-state index in [0.29, 0.717) is 5.69 Å². The van der Waals surface area contributed by atoms with Crippen molar-refractivity contribution in [1.29, 1.82) is 0 Å². The zero-order valence-electron chi connectivity index (χ0n) is 9.32. The molecule has 3 rings (SSSR count). The molecule has 0 fully saturated rings. The number of ketones is 1. The smallest absolute Gasteiger partial charge is 0.233 e. The van der Waals surface area contributed by atoms with Gasteiger partial charge in [-0.25, -0.2) is 4.68 Å². The lowest BCUT2D eigenvalue weighted by Crippen LogP contribution is -2.10. The first-order chi connectivity index (χ1) is 8.86. The van der Waals surface area contributed by atoms with Crippen LogP contribution in [0.1, 0.15) is 16.2 Å². The second-order valence-corrected chi connectivity index (χ2v) is 3.65. The van der Waals surface area contributed by atoms with Crippen molar-refractivity contribution in [2.45, 2.75) is 0 Å². The fourth-order valence-electron chi connectivity index (χ4n) is 1.69. The number of hydrogen-bond donors (Lipinski definition) is 1. The van der Waals surface area contributed by atoms with E-state index in [1.807, 2.05) is 30.3 Å². The Kier molecular flexibility index (Phi) is 2.45. The lowest BCUT2D eigenvalue weighted by atomic mass is 10.2. The van der Waals surface area contributed by atoms with E-state index in [9.17, 15) is 4.79 Å². The van der Waals surface area contributed by atoms with Crippen LogP contribution in [0.4, 0.5) is 0 Å². The number of nitrogens with one attached hydrogen (secondary N) is 1. The highest BCUT2D eigenvalue weighted by Gasteiger charge is 2.17. The highest BCUT2D eigenvalue weighted by molar-refractivity contribution is 6.06. The Morgan fingerprint density at radius 1 is 1.17 bits per heavy atom. The highest BCUT2D eigenvalue weighted by atomic mass is 16.1. The summed E-state index contributed by atoms with van der Waals surface area (Å²) in [5, 5.41) is 14.0. The van der Waals surface area contributed by atoms with Crippen molar-refractivity contribution < 1.29 is 4.79 Å². The maximum Gasteiger partial charge on any atom is 0.233 e. The van der Waals surface area contributed by atoms with Crippen LogP contribution in [0, 0.1) is 0 Å². The van der Waals surface area contributed by atoms with E-state index in [1.165, 1.54) is 6.20 Å². The number of hydrogen-bond acceptors (Lipinski definition) is 4. The third-order valence-electron chi connectivity index (χ3n) is 2.52. The molecule has 1 N–H and O–H groups in total. The van der Waals surface area contributed by atoms with Crippen LogP contribution in [0.3, 0.4) is 0 Å². The summed E-state index contributed by atoms with van der Waals surface area (Å²) in [4.78, 5) is 12.2. The molecule has 0 atom stereocenters. The Bertz CT molecular complexity index is 657. The van der Waals surface area contributed by atoms with Crippen molar-refractivity contribution in [2.75, 3.05) is 0 Å². The molecular weight excluding hydrogens is 230 g/mol. The number of carbonyl (C=O) groups is 1. The van der Waals surface area contributed by atoms with E-state index >= 15 is 0 Å². The number of aromatic amines is 1. The van der Waals surface area contributed by atoms with Crippen LogP contribution >= 0.6 is 0 Å². The number of H-pyrrole nitrogens is 1. The fourth-order valence-corrected chi connectivity index (χ4v) is 1.69. The number of nitrogens with zero attached hydrogens (tertiary/aromatic N) is 4. The Morgan fingerprint density at radius 3 is 2.72 bits per heavy atom. The summed E-state index contributed by atoms with van der Waals surface area (Å²) in [5.41, 5.74) is 1.55. The predicted octanol–water partition coefficient (Wildman–Crippen LogP) is 1.22. The van der Waals surface area contributed by atoms with E-state index in [1.54, 1.807) is 16.9 Å². The zero-order chi connectivity index (χ0) is 12.4. The molecule has 0 spiro atoms. The van der Waals surface area contributed by atoms with Crippen molar-refractivity contribution in [3.8, 4) is 5.69 Å². The van der Waals surface area contributed by atoms with Gasteiger partial charge in [0.2, 0.25) is 5.78 Å². The van der Waals surface area contributed by atoms with E-state index in [-0.39, 0.29) is 11.5 Å². The van der Waals surface area contributed by atoms with Crippen LogP contribution in [0.15, 0.2) is 48.8 Å². The van der Waals surface area contributed by atoms with Gasteiger partial charge < -0.3 is 0 Å². The molecule has 18 heavy (non-hydrogen) atoms. The van der Waals surface area contributed by atoms with Gasteiger partial charge in [0, 0.05) is 0 Å². The number of carbonyl (C=O) groups excluding carboxylic acids is 1. The first-order valence-electron chi connectivity index (χ1n) is 5.36. The zero-order valence-corrected chi connectivity index (χ0v) is 9.32. The quantitative estimate of drug-likeness (QED) is 0.697. The molecule has 88 valence electrons. The Balaban J connectivity index is 2.05. The van der Waals surface area contributed by atoms with Gasteiger partial charge >= 0.3 is 0 Å². The van der Waals surface area contributed by atoms with Gasteiger partial charge in [0.15, 0.2) is 5.69 Å². The predicted molar refractivity (Wildman–Crippen MR) is 63.4 cm³/mol. The number of rotatable bonds is 3. The molecule has 6 heteroatoms. The molecule has 0 bridgehead atoms. The highest BCUT2D eigenvalue weighted by Crippen LogP contribution is 2.12. The largest absolute Gasteiger partial charge is 0.285 e. The molecule has 2 aromatic heterocycles. The minimum Gasteiger partial charge on any atom is -0.285 e. The van der Waals surface area contributed by atoms with Gasteiger partial charge in [-0.2, -0.15) is 20.5 Å².